The zero-order valence-electron chi connectivity index (χ0n) is 21.4. The van der Waals surface area contributed by atoms with Crippen LogP contribution in [0.5, 0.6) is 0 Å². The van der Waals surface area contributed by atoms with Crippen LogP contribution in [0.1, 0.15) is 41.5 Å². The maximum absolute atomic E-state index is 12.9. The Kier molecular flexibility index (Phi) is 12.7. The fourth-order valence-corrected chi connectivity index (χ4v) is 2.54. The van der Waals surface area contributed by atoms with Crippen LogP contribution in [-0.4, -0.2) is 70.5 Å². The number of carbonyl (C=O) groups excluding carboxylic acids is 3. The number of aromatic nitrogens is 4. The lowest BCUT2D eigenvalue weighted by atomic mass is 10.2. The molecule has 14 heteroatoms. The molecule has 0 fully saturated rings. The number of methoxy groups -OCH3 is 2. The third kappa shape index (κ3) is 11.5. The van der Waals surface area contributed by atoms with Gasteiger partial charge >= 0.3 is 18.0 Å². The molecule has 0 spiro atoms. The molecule has 0 saturated heterocycles. The topological polar surface area (TPSA) is 153 Å². The molecule has 3 N–H and O–H groups in total. The molecule has 0 aliphatic heterocycles. The Morgan fingerprint density at radius 3 is 1.78 bits per heavy atom. The first kappa shape index (κ1) is 31.0. The Hall–Kier alpha value is -4.07. The van der Waals surface area contributed by atoms with Crippen LogP contribution in [0.25, 0.3) is 0 Å². The first-order chi connectivity index (χ1) is 17.5. The van der Waals surface area contributed by atoms with Gasteiger partial charge in [0.05, 0.1) is 63.5 Å². The van der Waals surface area contributed by atoms with Gasteiger partial charge in [-0.3, -0.25) is 9.36 Å². The van der Waals surface area contributed by atoms with Crippen LogP contribution < -0.4 is 11.1 Å². The van der Waals surface area contributed by atoms with Gasteiger partial charge in [0.25, 0.3) is 0 Å². The van der Waals surface area contributed by atoms with E-state index in [1.165, 1.54) is 48.4 Å². The SMILES string of the molecule is COC(=O)c1cnn(C/C(=C/F)CN)c1.COC(=O)c1cnn(C/C(=C/F)CNC(=O)OC(C)(C)C)c1. The largest absolute Gasteiger partial charge is 0.465 e. The minimum absolute atomic E-state index is 0.0289. The van der Waals surface area contributed by atoms with Crippen LogP contribution in [0.3, 0.4) is 0 Å². The number of hydrogen-bond donors (Lipinski definition) is 2. The number of nitrogens with two attached hydrogens (primary N) is 1. The molecule has 0 bridgehead atoms. The number of halogens is 2. The number of nitrogens with zero attached hydrogens (tertiary/aromatic N) is 4. The van der Waals surface area contributed by atoms with Crippen molar-refractivity contribution in [3.8, 4) is 0 Å². The maximum atomic E-state index is 12.9. The Balaban J connectivity index is 0.000000397. The van der Waals surface area contributed by atoms with Gasteiger partial charge in [-0.25, -0.2) is 23.2 Å². The monoisotopic (exact) mass is 526 g/mol. The summed E-state index contributed by atoms with van der Waals surface area (Å²) in [6.07, 6.45) is 5.79. The molecular formula is C23H32F2N6O6. The zero-order valence-corrected chi connectivity index (χ0v) is 21.4. The van der Waals surface area contributed by atoms with Crippen LogP contribution in [0, 0.1) is 0 Å². The molecule has 12 nitrogen and oxygen atoms in total. The van der Waals surface area contributed by atoms with Gasteiger partial charge in [0, 0.05) is 25.5 Å². The Morgan fingerprint density at radius 1 is 0.946 bits per heavy atom. The minimum Gasteiger partial charge on any atom is -0.465 e. The number of hydrogen-bond acceptors (Lipinski definition) is 9. The van der Waals surface area contributed by atoms with Crippen LogP contribution in [0.4, 0.5) is 13.6 Å². The highest BCUT2D eigenvalue weighted by Gasteiger charge is 2.16. The van der Waals surface area contributed by atoms with Gasteiger partial charge in [-0.2, -0.15) is 10.2 Å². The third-order valence-corrected chi connectivity index (χ3v) is 4.27. The second-order valence-corrected chi connectivity index (χ2v) is 8.43. The summed E-state index contributed by atoms with van der Waals surface area (Å²) in [4.78, 5) is 33.9. The highest BCUT2D eigenvalue weighted by atomic mass is 19.1. The van der Waals surface area contributed by atoms with Gasteiger partial charge < -0.3 is 25.3 Å². The minimum atomic E-state index is -0.637. The Morgan fingerprint density at radius 2 is 1.41 bits per heavy atom. The summed E-state index contributed by atoms with van der Waals surface area (Å²) in [6, 6.07) is 0. The summed E-state index contributed by atoms with van der Waals surface area (Å²) in [5.41, 5.74) is 5.92. The second kappa shape index (κ2) is 15.1. The van der Waals surface area contributed by atoms with E-state index < -0.39 is 23.6 Å². The average molecular weight is 527 g/mol. The van der Waals surface area contributed by atoms with Crippen LogP contribution in [0.15, 0.2) is 48.6 Å². The Bertz CT molecular complexity index is 1100. The molecule has 2 rings (SSSR count). The molecule has 2 aromatic heterocycles. The summed E-state index contributed by atoms with van der Waals surface area (Å²) in [5.74, 6) is -0.997. The highest BCUT2D eigenvalue weighted by Crippen LogP contribution is 2.08. The number of nitrogens with one attached hydrogen (secondary N) is 1. The first-order valence-electron chi connectivity index (χ1n) is 10.9. The van der Waals surface area contributed by atoms with E-state index in [4.69, 9.17) is 10.5 Å². The van der Waals surface area contributed by atoms with E-state index in [-0.39, 0.29) is 37.3 Å². The van der Waals surface area contributed by atoms with E-state index >= 15 is 0 Å². The molecule has 37 heavy (non-hydrogen) atoms. The van der Waals surface area contributed by atoms with Crippen molar-refractivity contribution in [3.63, 3.8) is 0 Å². The number of esters is 2. The molecule has 0 radical (unpaired) electrons. The lowest BCUT2D eigenvalue weighted by Crippen LogP contribution is -2.34. The Labute approximate surface area is 213 Å². The molecule has 1 amide bonds. The van der Waals surface area contributed by atoms with Crippen molar-refractivity contribution >= 4 is 18.0 Å². The zero-order chi connectivity index (χ0) is 28.0. The number of carbonyl (C=O) groups is 3. The molecule has 0 aliphatic rings. The maximum Gasteiger partial charge on any atom is 0.407 e. The summed E-state index contributed by atoms with van der Waals surface area (Å²) >= 11 is 0. The fraction of sp³-hybridized carbons (Fsp3) is 0.435. The molecule has 204 valence electrons. The molecule has 0 saturated carbocycles. The molecule has 0 aliphatic carbocycles. The van der Waals surface area contributed by atoms with E-state index in [0.29, 0.717) is 23.8 Å². The fourth-order valence-electron chi connectivity index (χ4n) is 2.54. The van der Waals surface area contributed by atoms with Crippen LogP contribution in [-0.2, 0) is 27.3 Å². The normalized spacial score (nSPS) is 11.8. The molecule has 2 heterocycles. The van der Waals surface area contributed by atoms with E-state index in [2.05, 4.69) is 25.0 Å². The third-order valence-electron chi connectivity index (χ3n) is 4.27. The van der Waals surface area contributed by atoms with Crippen LogP contribution in [0.2, 0.25) is 0 Å². The van der Waals surface area contributed by atoms with E-state index in [1.54, 1.807) is 20.8 Å². The summed E-state index contributed by atoms with van der Waals surface area (Å²) < 4.78 is 42.0. The second-order valence-electron chi connectivity index (χ2n) is 8.43. The molecule has 0 unspecified atom stereocenters. The molecular weight excluding hydrogens is 494 g/mol. The van der Waals surface area contributed by atoms with Gasteiger partial charge in [-0.15, -0.1) is 0 Å². The van der Waals surface area contributed by atoms with Crippen molar-refractivity contribution in [3.05, 3.63) is 59.7 Å². The number of amides is 1. The predicted molar refractivity (Wildman–Crippen MR) is 129 cm³/mol. The van der Waals surface area contributed by atoms with E-state index in [1.807, 2.05) is 0 Å². The lowest BCUT2D eigenvalue weighted by molar-refractivity contribution is 0.0529. The van der Waals surface area contributed by atoms with E-state index in [9.17, 15) is 23.2 Å². The smallest absolute Gasteiger partial charge is 0.407 e. The summed E-state index contributed by atoms with van der Waals surface area (Å²) in [7, 11) is 2.55. The summed E-state index contributed by atoms with van der Waals surface area (Å²) in [5, 5.41) is 10.2. The molecule has 2 aromatic rings. The lowest BCUT2D eigenvalue weighted by Gasteiger charge is -2.20. The van der Waals surface area contributed by atoms with Gasteiger partial charge in [0.15, 0.2) is 0 Å². The average Bonchev–Trinajstić information content (AvgIpc) is 3.53. The van der Waals surface area contributed by atoms with Crippen molar-refractivity contribution in [2.75, 3.05) is 27.3 Å². The van der Waals surface area contributed by atoms with Crippen LogP contribution >= 0.6 is 0 Å². The van der Waals surface area contributed by atoms with Crippen molar-refractivity contribution in [2.45, 2.75) is 39.5 Å². The highest BCUT2D eigenvalue weighted by molar-refractivity contribution is 5.89. The van der Waals surface area contributed by atoms with Gasteiger partial charge in [-0.1, -0.05) is 0 Å². The molecule has 0 atom stereocenters. The van der Waals surface area contributed by atoms with E-state index in [0.717, 1.165) is 0 Å². The number of ether oxygens (including phenoxy) is 3. The number of rotatable bonds is 9. The number of alkyl carbamates (subject to hydrolysis) is 1. The van der Waals surface area contributed by atoms with Crippen molar-refractivity contribution in [1.29, 1.82) is 0 Å². The standard InChI is InChI=1S/C14H20FN3O4.C9H12FN3O2/c1-14(2,3)22-13(20)16-6-10(5-15)8-18-9-11(7-17-18)12(19)21-4;1-15-9(14)8-4-12-13(6-8)5-7(2-10)3-11/h5,7,9H,6,8H2,1-4H3,(H,16,20);2,4,6H,3,5,11H2,1H3/b10-5+;7-2+. The predicted octanol–water partition coefficient (Wildman–Crippen LogP) is 2.53. The summed E-state index contributed by atoms with van der Waals surface area (Å²) in [6.45, 7) is 5.60. The molecule has 0 aromatic carbocycles. The first-order valence-corrected chi connectivity index (χ1v) is 10.9. The van der Waals surface area contributed by atoms with Gasteiger partial charge in [-0.05, 0) is 31.9 Å². The van der Waals surface area contributed by atoms with Gasteiger partial charge in [0.2, 0.25) is 0 Å². The quantitative estimate of drug-likeness (QED) is 0.371. The van der Waals surface area contributed by atoms with Crippen molar-refractivity contribution in [2.24, 2.45) is 5.73 Å². The van der Waals surface area contributed by atoms with Crippen molar-refractivity contribution in [1.82, 2.24) is 24.9 Å². The van der Waals surface area contributed by atoms with Gasteiger partial charge in [0.1, 0.15) is 5.60 Å². The van der Waals surface area contributed by atoms with Crippen molar-refractivity contribution < 1.29 is 37.4 Å².